The molecule has 5 nitrogen and oxygen atoms in total. The Morgan fingerprint density at radius 1 is 1.17 bits per heavy atom. The predicted molar refractivity (Wildman–Crippen MR) is 73.5 cm³/mol. The van der Waals surface area contributed by atoms with Crippen LogP contribution in [-0.2, 0) is 6.54 Å². The molecule has 1 aromatic rings. The van der Waals surface area contributed by atoms with Gasteiger partial charge >= 0.3 is 6.01 Å². The number of hydrogen-bond donors (Lipinski definition) is 2. The molecule has 1 atom stereocenters. The van der Waals surface area contributed by atoms with E-state index in [4.69, 9.17) is 4.42 Å². The van der Waals surface area contributed by atoms with Crippen LogP contribution in [0, 0.1) is 5.92 Å². The van der Waals surface area contributed by atoms with Crippen molar-refractivity contribution in [3.05, 3.63) is 5.89 Å². The predicted octanol–water partition coefficient (Wildman–Crippen LogP) is 2.81. The van der Waals surface area contributed by atoms with Crippen LogP contribution in [-0.4, -0.2) is 22.8 Å². The first-order valence-corrected chi connectivity index (χ1v) is 6.91. The minimum Gasteiger partial charge on any atom is -0.407 e. The Hall–Kier alpha value is -1.10. The molecule has 0 amide bonds. The fourth-order valence-corrected chi connectivity index (χ4v) is 1.62. The molecule has 0 radical (unpaired) electrons. The highest BCUT2D eigenvalue weighted by atomic mass is 16.4. The summed E-state index contributed by atoms with van der Waals surface area (Å²) in [6, 6.07) is 0.892. The lowest BCUT2D eigenvalue weighted by molar-refractivity contribution is 0.466. The molecule has 0 spiro atoms. The third kappa shape index (κ3) is 6.00. The first-order valence-electron chi connectivity index (χ1n) is 6.91. The summed E-state index contributed by atoms with van der Waals surface area (Å²) in [5.74, 6) is 1.37. The molecular formula is C13H26N4O. The van der Waals surface area contributed by atoms with Crippen molar-refractivity contribution in [1.82, 2.24) is 15.5 Å². The average Bonchev–Trinajstić information content (AvgIpc) is 2.74. The van der Waals surface area contributed by atoms with Crippen molar-refractivity contribution in [3.8, 4) is 0 Å². The van der Waals surface area contributed by atoms with Gasteiger partial charge in [-0.15, -0.1) is 5.10 Å². The molecular weight excluding hydrogens is 228 g/mol. The lowest BCUT2D eigenvalue weighted by Gasteiger charge is -2.12. The molecule has 0 saturated heterocycles. The van der Waals surface area contributed by atoms with Crippen LogP contribution in [0.4, 0.5) is 6.01 Å². The summed E-state index contributed by atoms with van der Waals surface area (Å²) in [5, 5.41) is 14.5. The highest BCUT2D eigenvalue weighted by Crippen LogP contribution is 2.12. The number of hydrogen-bond acceptors (Lipinski definition) is 5. The van der Waals surface area contributed by atoms with E-state index in [1.807, 2.05) is 0 Å². The van der Waals surface area contributed by atoms with Crippen molar-refractivity contribution in [2.75, 3.05) is 11.9 Å². The van der Waals surface area contributed by atoms with Crippen LogP contribution >= 0.6 is 0 Å². The molecule has 0 aliphatic carbocycles. The van der Waals surface area contributed by atoms with Crippen molar-refractivity contribution in [1.29, 1.82) is 0 Å². The van der Waals surface area contributed by atoms with Gasteiger partial charge in [0.05, 0.1) is 6.54 Å². The van der Waals surface area contributed by atoms with Crippen molar-refractivity contribution >= 4 is 6.01 Å². The summed E-state index contributed by atoms with van der Waals surface area (Å²) in [6.45, 7) is 10.3. The Bertz CT molecular complexity index is 325. The molecule has 1 aromatic heterocycles. The number of nitrogens with zero attached hydrogens (tertiary/aromatic N) is 2. The largest absolute Gasteiger partial charge is 0.407 e. The lowest BCUT2D eigenvalue weighted by Crippen LogP contribution is -2.16. The number of aromatic nitrogens is 2. The molecule has 2 N–H and O–H groups in total. The third-order valence-electron chi connectivity index (χ3n) is 2.72. The molecule has 0 aliphatic rings. The number of nitrogens with one attached hydrogen (secondary N) is 2. The standard InChI is InChI=1S/C13H26N4O/c1-5-8-14-9-12-16-17-13(18-12)15-11(4)7-6-10(2)3/h10-11,14H,5-9H2,1-4H3,(H,15,17). The van der Waals surface area contributed by atoms with E-state index in [1.54, 1.807) is 0 Å². The van der Waals surface area contributed by atoms with Gasteiger partial charge < -0.3 is 15.1 Å². The molecule has 104 valence electrons. The van der Waals surface area contributed by atoms with Crippen LogP contribution in [0.2, 0.25) is 0 Å². The van der Waals surface area contributed by atoms with Crippen molar-refractivity contribution < 1.29 is 4.42 Å². The minimum absolute atomic E-state index is 0.365. The van der Waals surface area contributed by atoms with Crippen LogP contribution in [0.3, 0.4) is 0 Å². The molecule has 18 heavy (non-hydrogen) atoms. The van der Waals surface area contributed by atoms with E-state index in [0.717, 1.165) is 25.3 Å². The van der Waals surface area contributed by atoms with Crippen LogP contribution < -0.4 is 10.6 Å². The molecule has 1 rings (SSSR count). The Morgan fingerprint density at radius 2 is 1.94 bits per heavy atom. The zero-order valence-electron chi connectivity index (χ0n) is 12.0. The van der Waals surface area contributed by atoms with E-state index in [1.165, 1.54) is 6.42 Å². The highest BCUT2D eigenvalue weighted by molar-refractivity contribution is 5.18. The lowest BCUT2D eigenvalue weighted by atomic mass is 10.0. The van der Waals surface area contributed by atoms with Gasteiger partial charge in [-0.2, -0.15) is 0 Å². The van der Waals surface area contributed by atoms with Crippen LogP contribution in [0.5, 0.6) is 0 Å². The smallest absolute Gasteiger partial charge is 0.315 e. The van der Waals surface area contributed by atoms with E-state index in [-0.39, 0.29) is 0 Å². The maximum Gasteiger partial charge on any atom is 0.315 e. The van der Waals surface area contributed by atoms with Crippen LogP contribution in [0.1, 0.15) is 52.8 Å². The fourth-order valence-electron chi connectivity index (χ4n) is 1.62. The molecule has 0 saturated carbocycles. The Morgan fingerprint density at radius 3 is 2.61 bits per heavy atom. The van der Waals surface area contributed by atoms with Gasteiger partial charge in [-0.05, 0) is 38.6 Å². The SMILES string of the molecule is CCCNCc1nnc(NC(C)CCC(C)C)o1. The van der Waals surface area contributed by atoms with Gasteiger partial charge in [-0.3, -0.25) is 0 Å². The first-order chi connectivity index (χ1) is 8.61. The summed E-state index contributed by atoms with van der Waals surface area (Å²) in [6.07, 6.45) is 3.42. The van der Waals surface area contributed by atoms with Crippen LogP contribution in [0.25, 0.3) is 0 Å². The van der Waals surface area contributed by atoms with E-state index in [9.17, 15) is 0 Å². The van der Waals surface area contributed by atoms with E-state index < -0.39 is 0 Å². The number of rotatable bonds is 9. The molecule has 5 heteroatoms. The van der Waals surface area contributed by atoms with E-state index >= 15 is 0 Å². The molecule has 0 aliphatic heterocycles. The van der Waals surface area contributed by atoms with Crippen LogP contribution in [0.15, 0.2) is 4.42 Å². The molecule has 0 aromatic carbocycles. The zero-order chi connectivity index (χ0) is 13.4. The number of anilines is 1. The van der Waals surface area contributed by atoms with E-state index in [0.29, 0.717) is 24.5 Å². The molecule has 0 bridgehead atoms. The second-order valence-electron chi connectivity index (χ2n) is 5.19. The highest BCUT2D eigenvalue weighted by Gasteiger charge is 2.09. The van der Waals surface area contributed by atoms with Gasteiger partial charge in [-0.1, -0.05) is 25.9 Å². The van der Waals surface area contributed by atoms with Gasteiger partial charge in [-0.25, -0.2) is 0 Å². The maximum absolute atomic E-state index is 5.51. The average molecular weight is 254 g/mol. The van der Waals surface area contributed by atoms with Crippen molar-refractivity contribution in [2.24, 2.45) is 5.92 Å². The quantitative estimate of drug-likeness (QED) is 0.663. The van der Waals surface area contributed by atoms with Gasteiger partial charge in [0.15, 0.2) is 0 Å². The fraction of sp³-hybridized carbons (Fsp3) is 0.846. The monoisotopic (exact) mass is 254 g/mol. The summed E-state index contributed by atoms with van der Waals surface area (Å²) < 4.78 is 5.51. The third-order valence-corrected chi connectivity index (χ3v) is 2.72. The second-order valence-corrected chi connectivity index (χ2v) is 5.19. The van der Waals surface area contributed by atoms with Gasteiger partial charge in [0.2, 0.25) is 5.89 Å². The molecule has 0 fully saturated rings. The second kappa shape index (κ2) is 8.08. The Labute approximate surface area is 110 Å². The van der Waals surface area contributed by atoms with E-state index in [2.05, 4.69) is 48.5 Å². The van der Waals surface area contributed by atoms with Gasteiger partial charge in [0.1, 0.15) is 0 Å². The Balaban J connectivity index is 2.29. The topological polar surface area (TPSA) is 63.0 Å². The normalized spacial score (nSPS) is 12.9. The molecule has 1 unspecified atom stereocenters. The summed E-state index contributed by atoms with van der Waals surface area (Å²) in [4.78, 5) is 0. The summed E-state index contributed by atoms with van der Waals surface area (Å²) >= 11 is 0. The maximum atomic E-state index is 5.51. The van der Waals surface area contributed by atoms with Crippen molar-refractivity contribution in [2.45, 2.75) is 59.5 Å². The van der Waals surface area contributed by atoms with Crippen molar-refractivity contribution in [3.63, 3.8) is 0 Å². The molecule has 1 heterocycles. The summed E-state index contributed by atoms with van der Waals surface area (Å²) in [7, 11) is 0. The van der Waals surface area contributed by atoms with Gasteiger partial charge in [0, 0.05) is 6.04 Å². The van der Waals surface area contributed by atoms with Gasteiger partial charge in [0.25, 0.3) is 0 Å². The zero-order valence-corrected chi connectivity index (χ0v) is 12.0. The Kier molecular flexibility index (Phi) is 6.72. The first kappa shape index (κ1) is 15.0. The minimum atomic E-state index is 0.365. The summed E-state index contributed by atoms with van der Waals surface area (Å²) in [5.41, 5.74) is 0.